The maximum atomic E-state index is 13.3. The number of hydrogen-bond donors (Lipinski definition) is 1. The predicted octanol–water partition coefficient (Wildman–Crippen LogP) is 4.71. The van der Waals surface area contributed by atoms with Crippen molar-refractivity contribution in [3.05, 3.63) is 64.4 Å². The van der Waals surface area contributed by atoms with Crippen LogP contribution < -0.4 is 10.1 Å². The molecule has 0 aliphatic heterocycles. The highest BCUT2D eigenvalue weighted by Crippen LogP contribution is 2.26. The molecule has 4 heteroatoms. The summed E-state index contributed by atoms with van der Waals surface area (Å²) >= 11 is 3.19. The summed E-state index contributed by atoms with van der Waals surface area (Å²) in [6, 6.07) is 14.8. The molecular formula is C17H19BrFNO. The third-order valence-electron chi connectivity index (χ3n) is 3.10. The van der Waals surface area contributed by atoms with Crippen LogP contribution in [0.2, 0.25) is 0 Å². The first kappa shape index (κ1) is 16.0. The van der Waals surface area contributed by atoms with E-state index in [2.05, 4.69) is 28.2 Å². The normalized spacial score (nSPS) is 12.1. The first-order valence-electron chi connectivity index (χ1n) is 7.08. The van der Waals surface area contributed by atoms with Gasteiger partial charge in [0.1, 0.15) is 17.7 Å². The zero-order valence-electron chi connectivity index (χ0n) is 12.0. The molecule has 0 aliphatic rings. The van der Waals surface area contributed by atoms with Crippen LogP contribution in [0.1, 0.15) is 25.0 Å². The highest BCUT2D eigenvalue weighted by molar-refractivity contribution is 9.10. The lowest BCUT2D eigenvalue weighted by Gasteiger charge is -2.20. The van der Waals surface area contributed by atoms with Gasteiger partial charge < -0.3 is 10.1 Å². The Morgan fingerprint density at radius 2 is 1.95 bits per heavy atom. The van der Waals surface area contributed by atoms with Crippen molar-refractivity contribution in [1.29, 1.82) is 0 Å². The number of benzene rings is 2. The molecule has 2 aromatic carbocycles. The fourth-order valence-electron chi connectivity index (χ4n) is 2.02. The molecule has 1 atom stereocenters. The lowest BCUT2D eigenvalue weighted by molar-refractivity contribution is 0.201. The Balaban J connectivity index is 2.13. The van der Waals surface area contributed by atoms with E-state index >= 15 is 0 Å². The van der Waals surface area contributed by atoms with Gasteiger partial charge in [-0.2, -0.15) is 0 Å². The Labute approximate surface area is 133 Å². The van der Waals surface area contributed by atoms with Crippen LogP contribution in [0.4, 0.5) is 4.39 Å². The quantitative estimate of drug-likeness (QED) is 0.729. The van der Waals surface area contributed by atoms with Crippen molar-refractivity contribution in [3.63, 3.8) is 0 Å². The Morgan fingerprint density at radius 1 is 1.19 bits per heavy atom. The van der Waals surface area contributed by atoms with Crippen LogP contribution in [0.5, 0.6) is 5.75 Å². The van der Waals surface area contributed by atoms with Gasteiger partial charge in [0.2, 0.25) is 0 Å². The van der Waals surface area contributed by atoms with Gasteiger partial charge in [-0.1, -0.05) is 37.3 Å². The highest BCUT2D eigenvalue weighted by atomic mass is 79.9. The predicted molar refractivity (Wildman–Crippen MR) is 87.1 cm³/mol. The molecule has 1 unspecified atom stereocenters. The molecule has 2 rings (SSSR count). The third-order valence-corrected chi connectivity index (χ3v) is 3.70. The van der Waals surface area contributed by atoms with Crippen LogP contribution in [-0.2, 0) is 0 Å². The van der Waals surface area contributed by atoms with Crippen molar-refractivity contribution in [2.45, 2.75) is 19.4 Å². The first-order chi connectivity index (χ1) is 10.2. The fourth-order valence-corrected chi connectivity index (χ4v) is 2.38. The fraction of sp³-hybridized carbons (Fsp3) is 0.294. The lowest BCUT2D eigenvalue weighted by Crippen LogP contribution is -2.25. The second-order valence-electron chi connectivity index (χ2n) is 4.80. The van der Waals surface area contributed by atoms with Gasteiger partial charge in [-0.05, 0) is 52.7 Å². The van der Waals surface area contributed by atoms with Crippen molar-refractivity contribution in [3.8, 4) is 5.75 Å². The van der Waals surface area contributed by atoms with Gasteiger partial charge in [-0.3, -0.25) is 0 Å². The van der Waals surface area contributed by atoms with Crippen molar-refractivity contribution in [1.82, 2.24) is 5.32 Å². The minimum Gasteiger partial charge on any atom is -0.484 e. The van der Waals surface area contributed by atoms with Gasteiger partial charge in [-0.25, -0.2) is 4.39 Å². The molecule has 0 fully saturated rings. The number of hydrogen-bond acceptors (Lipinski definition) is 2. The van der Waals surface area contributed by atoms with Crippen molar-refractivity contribution in [2.75, 3.05) is 13.1 Å². The second kappa shape index (κ2) is 8.15. The molecule has 2 nitrogen and oxygen atoms in total. The van der Waals surface area contributed by atoms with E-state index in [4.69, 9.17) is 4.74 Å². The average molecular weight is 352 g/mol. The summed E-state index contributed by atoms with van der Waals surface area (Å²) in [5.41, 5.74) is 1.10. The van der Waals surface area contributed by atoms with Gasteiger partial charge in [0.25, 0.3) is 0 Å². The van der Waals surface area contributed by atoms with E-state index in [0.717, 1.165) is 18.5 Å². The minimum atomic E-state index is -0.289. The van der Waals surface area contributed by atoms with E-state index in [1.807, 2.05) is 30.3 Å². The molecule has 0 amide bonds. The largest absolute Gasteiger partial charge is 0.484 e. The lowest BCUT2D eigenvalue weighted by atomic mass is 10.1. The Hall–Kier alpha value is -1.39. The van der Waals surface area contributed by atoms with E-state index < -0.39 is 0 Å². The van der Waals surface area contributed by atoms with E-state index in [1.54, 1.807) is 12.1 Å². The van der Waals surface area contributed by atoms with Crippen molar-refractivity contribution < 1.29 is 9.13 Å². The summed E-state index contributed by atoms with van der Waals surface area (Å²) < 4.78 is 19.7. The first-order valence-corrected chi connectivity index (χ1v) is 7.87. The standard InChI is InChI=1S/C17H19BrFNO/c1-2-10-20-12-17(13-6-4-3-5-7-13)21-14-8-9-16(19)15(18)11-14/h3-9,11,17,20H,2,10,12H2,1H3. The van der Waals surface area contributed by atoms with Crippen LogP contribution in [0, 0.1) is 5.82 Å². The molecule has 0 saturated heterocycles. The molecule has 0 aromatic heterocycles. The smallest absolute Gasteiger partial charge is 0.137 e. The van der Waals surface area contributed by atoms with Crippen molar-refractivity contribution in [2.24, 2.45) is 0 Å². The van der Waals surface area contributed by atoms with Crippen molar-refractivity contribution >= 4 is 15.9 Å². The second-order valence-corrected chi connectivity index (χ2v) is 5.65. The zero-order chi connectivity index (χ0) is 15.1. The molecule has 2 aromatic rings. The molecule has 0 aliphatic carbocycles. The van der Waals surface area contributed by atoms with Gasteiger partial charge in [0.15, 0.2) is 0 Å². The monoisotopic (exact) mass is 351 g/mol. The van der Waals surface area contributed by atoms with Gasteiger partial charge in [0, 0.05) is 6.54 Å². The molecule has 0 saturated carbocycles. The maximum absolute atomic E-state index is 13.3. The summed E-state index contributed by atoms with van der Waals surface area (Å²) in [5.74, 6) is 0.359. The summed E-state index contributed by atoms with van der Waals surface area (Å²) in [5, 5.41) is 3.37. The van der Waals surface area contributed by atoms with Crippen LogP contribution in [0.25, 0.3) is 0 Å². The summed E-state index contributed by atoms with van der Waals surface area (Å²) in [7, 11) is 0. The van der Waals surface area contributed by atoms with Crippen LogP contribution in [0.3, 0.4) is 0 Å². The third kappa shape index (κ3) is 4.83. The van der Waals surface area contributed by atoms with E-state index in [1.165, 1.54) is 6.07 Å². The molecule has 0 radical (unpaired) electrons. The number of nitrogens with one attached hydrogen (secondary N) is 1. The molecule has 112 valence electrons. The van der Waals surface area contributed by atoms with E-state index in [0.29, 0.717) is 16.8 Å². The van der Waals surface area contributed by atoms with Gasteiger partial charge >= 0.3 is 0 Å². The number of rotatable bonds is 7. The topological polar surface area (TPSA) is 21.3 Å². The van der Waals surface area contributed by atoms with Gasteiger partial charge in [-0.15, -0.1) is 0 Å². The van der Waals surface area contributed by atoms with Crippen LogP contribution in [-0.4, -0.2) is 13.1 Å². The van der Waals surface area contributed by atoms with E-state index in [-0.39, 0.29) is 11.9 Å². The SMILES string of the molecule is CCCNCC(Oc1ccc(F)c(Br)c1)c1ccccc1. The highest BCUT2D eigenvalue weighted by Gasteiger charge is 2.13. The summed E-state index contributed by atoms with van der Waals surface area (Å²) in [6.07, 6.45) is 0.971. The molecule has 0 spiro atoms. The maximum Gasteiger partial charge on any atom is 0.137 e. The molecule has 21 heavy (non-hydrogen) atoms. The average Bonchev–Trinajstić information content (AvgIpc) is 2.51. The molecule has 1 N–H and O–H groups in total. The Bertz CT molecular complexity index is 562. The minimum absolute atomic E-state index is 0.102. The molecular weight excluding hydrogens is 333 g/mol. The van der Waals surface area contributed by atoms with Crippen LogP contribution in [0.15, 0.2) is 53.0 Å². The van der Waals surface area contributed by atoms with Gasteiger partial charge in [0.05, 0.1) is 4.47 Å². The zero-order valence-corrected chi connectivity index (χ0v) is 13.6. The summed E-state index contributed by atoms with van der Waals surface area (Å²) in [6.45, 7) is 3.79. The molecule has 0 bridgehead atoms. The Kier molecular flexibility index (Phi) is 6.21. The molecule has 0 heterocycles. The number of halogens is 2. The summed E-state index contributed by atoms with van der Waals surface area (Å²) in [4.78, 5) is 0. The Morgan fingerprint density at radius 3 is 2.62 bits per heavy atom. The number of ether oxygens (including phenoxy) is 1. The van der Waals surface area contributed by atoms with E-state index in [9.17, 15) is 4.39 Å². The van der Waals surface area contributed by atoms with Crippen LogP contribution >= 0.6 is 15.9 Å².